The number of anilines is 1. The summed E-state index contributed by atoms with van der Waals surface area (Å²) in [5, 5.41) is 2.99. The van der Waals surface area contributed by atoms with Crippen LogP contribution in [0.2, 0.25) is 10.0 Å². The van der Waals surface area contributed by atoms with Gasteiger partial charge in [0.05, 0.1) is 22.7 Å². The SMILES string of the molecule is COc1ccccc1/C=C(/C(=O)OCC(=O)Nc1ncc(Cl)cc1Cl)c1ccccc1. The monoisotopic (exact) mass is 456 g/mol. The highest BCUT2D eigenvalue weighted by Crippen LogP contribution is 2.26. The van der Waals surface area contributed by atoms with E-state index in [1.807, 2.05) is 24.3 Å². The molecule has 0 aliphatic rings. The number of para-hydroxylation sites is 1. The molecular formula is C23H18Cl2N2O4. The smallest absolute Gasteiger partial charge is 0.339 e. The molecule has 1 amide bonds. The molecule has 1 aromatic heterocycles. The third-order valence-electron chi connectivity index (χ3n) is 4.14. The zero-order valence-corrected chi connectivity index (χ0v) is 18.0. The summed E-state index contributed by atoms with van der Waals surface area (Å²) < 4.78 is 10.6. The highest BCUT2D eigenvalue weighted by Gasteiger charge is 2.17. The molecule has 3 rings (SSSR count). The van der Waals surface area contributed by atoms with Gasteiger partial charge in [-0.05, 0) is 23.8 Å². The maximum atomic E-state index is 12.8. The molecule has 0 spiro atoms. The number of benzene rings is 2. The summed E-state index contributed by atoms with van der Waals surface area (Å²) in [7, 11) is 1.55. The molecule has 0 aliphatic carbocycles. The molecule has 8 heteroatoms. The Labute approximate surface area is 189 Å². The van der Waals surface area contributed by atoms with E-state index in [1.54, 1.807) is 43.5 Å². The Morgan fingerprint density at radius 3 is 2.48 bits per heavy atom. The van der Waals surface area contributed by atoms with Crippen molar-refractivity contribution in [1.82, 2.24) is 4.98 Å². The predicted molar refractivity (Wildman–Crippen MR) is 121 cm³/mol. The van der Waals surface area contributed by atoms with Gasteiger partial charge in [0, 0.05) is 11.8 Å². The number of aromatic nitrogens is 1. The quantitative estimate of drug-likeness (QED) is 0.303. The molecule has 1 heterocycles. The molecule has 0 fully saturated rings. The van der Waals surface area contributed by atoms with Crippen molar-refractivity contribution in [3.8, 4) is 5.75 Å². The lowest BCUT2D eigenvalue weighted by molar-refractivity contribution is -0.141. The van der Waals surface area contributed by atoms with Crippen LogP contribution in [0.15, 0.2) is 66.9 Å². The topological polar surface area (TPSA) is 77.5 Å². The Bertz CT molecular complexity index is 1120. The van der Waals surface area contributed by atoms with Gasteiger partial charge in [-0.3, -0.25) is 4.79 Å². The Morgan fingerprint density at radius 1 is 1.06 bits per heavy atom. The highest BCUT2D eigenvalue weighted by molar-refractivity contribution is 6.36. The minimum atomic E-state index is -0.664. The van der Waals surface area contributed by atoms with Crippen molar-refractivity contribution in [3.63, 3.8) is 0 Å². The number of esters is 1. The van der Waals surface area contributed by atoms with Crippen molar-refractivity contribution < 1.29 is 19.1 Å². The van der Waals surface area contributed by atoms with Crippen LogP contribution in [0.3, 0.4) is 0 Å². The molecule has 0 radical (unpaired) electrons. The zero-order valence-electron chi connectivity index (χ0n) is 16.5. The van der Waals surface area contributed by atoms with Gasteiger partial charge in [-0.25, -0.2) is 9.78 Å². The van der Waals surface area contributed by atoms with E-state index in [0.29, 0.717) is 21.9 Å². The first-order valence-electron chi connectivity index (χ1n) is 9.16. The third kappa shape index (κ3) is 6.07. The number of carbonyl (C=O) groups is 2. The Balaban J connectivity index is 1.77. The van der Waals surface area contributed by atoms with Crippen LogP contribution < -0.4 is 10.1 Å². The minimum Gasteiger partial charge on any atom is -0.496 e. The fourth-order valence-corrected chi connectivity index (χ4v) is 3.13. The fourth-order valence-electron chi connectivity index (χ4n) is 2.70. The van der Waals surface area contributed by atoms with Gasteiger partial charge in [0.2, 0.25) is 0 Å². The number of methoxy groups -OCH3 is 1. The van der Waals surface area contributed by atoms with Crippen LogP contribution in [-0.4, -0.2) is 30.6 Å². The first kappa shape index (κ1) is 22.3. The summed E-state index contributed by atoms with van der Waals surface area (Å²) in [6.45, 7) is -0.518. The Kier molecular flexibility index (Phi) is 7.65. The first-order chi connectivity index (χ1) is 15.0. The van der Waals surface area contributed by atoms with Crippen molar-refractivity contribution >= 4 is 52.5 Å². The third-order valence-corrected chi connectivity index (χ3v) is 4.64. The van der Waals surface area contributed by atoms with Crippen molar-refractivity contribution in [2.24, 2.45) is 0 Å². The highest BCUT2D eigenvalue weighted by atomic mass is 35.5. The molecule has 6 nitrogen and oxygen atoms in total. The van der Waals surface area contributed by atoms with Crippen LogP contribution >= 0.6 is 23.2 Å². The second kappa shape index (κ2) is 10.6. The number of carbonyl (C=O) groups excluding carboxylic acids is 2. The molecule has 0 saturated heterocycles. The van der Waals surface area contributed by atoms with E-state index in [9.17, 15) is 9.59 Å². The van der Waals surface area contributed by atoms with Gasteiger partial charge in [-0.1, -0.05) is 71.7 Å². The second-order valence-corrected chi connectivity index (χ2v) is 7.12. The lowest BCUT2D eigenvalue weighted by atomic mass is 10.0. The molecular weight excluding hydrogens is 439 g/mol. The van der Waals surface area contributed by atoms with Crippen LogP contribution in [0.4, 0.5) is 5.82 Å². The van der Waals surface area contributed by atoms with Crippen molar-refractivity contribution in [3.05, 3.63) is 88.0 Å². The van der Waals surface area contributed by atoms with Crippen LogP contribution in [0.25, 0.3) is 11.6 Å². The number of pyridine rings is 1. The molecule has 0 unspecified atom stereocenters. The number of ether oxygens (including phenoxy) is 2. The number of rotatable bonds is 7. The van der Waals surface area contributed by atoms with Crippen LogP contribution in [0, 0.1) is 0 Å². The summed E-state index contributed by atoms with van der Waals surface area (Å²) in [5.41, 5.74) is 1.61. The van der Waals surface area contributed by atoms with E-state index >= 15 is 0 Å². The van der Waals surface area contributed by atoms with Crippen molar-refractivity contribution in [2.45, 2.75) is 0 Å². The molecule has 0 saturated carbocycles. The number of amides is 1. The minimum absolute atomic E-state index is 0.125. The lowest BCUT2D eigenvalue weighted by Gasteiger charge is -2.11. The molecule has 0 atom stereocenters. The summed E-state index contributed by atoms with van der Waals surface area (Å²) in [5.74, 6) is -0.526. The molecule has 1 N–H and O–H groups in total. The number of hydrogen-bond acceptors (Lipinski definition) is 5. The molecule has 2 aromatic carbocycles. The van der Waals surface area contributed by atoms with Gasteiger partial charge in [-0.2, -0.15) is 0 Å². The van der Waals surface area contributed by atoms with E-state index in [-0.39, 0.29) is 16.4 Å². The van der Waals surface area contributed by atoms with Crippen LogP contribution in [0.5, 0.6) is 5.75 Å². The van der Waals surface area contributed by atoms with E-state index < -0.39 is 18.5 Å². The fraction of sp³-hybridized carbons (Fsp3) is 0.0870. The molecule has 3 aromatic rings. The predicted octanol–water partition coefficient (Wildman–Crippen LogP) is 5.12. The number of nitrogens with one attached hydrogen (secondary N) is 1. The number of nitrogens with zero attached hydrogens (tertiary/aromatic N) is 1. The van der Waals surface area contributed by atoms with Gasteiger partial charge in [0.25, 0.3) is 5.91 Å². The number of hydrogen-bond donors (Lipinski definition) is 1. The summed E-state index contributed by atoms with van der Waals surface area (Å²) in [4.78, 5) is 29.0. The molecule has 0 aliphatic heterocycles. The normalized spacial score (nSPS) is 11.0. The van der Waals surface area contributed by atoms with Gasteiger partial charge in [0.1, 0.15) is 5.75 Å². The standard InChI is InChI=1S/C23H18Cl2N2O4/c1-30-20-10-6-5-9-16(20)11-18(15-7-3-2-4-8-15)23(29)31-14-21(28)27-22-19(25)12-17(24)13-26-22/h2-13H,14H2,1H3,(H,26,27,28)/b18-11+. The maximum Gasteiger partial charge on any atom is 0.339 e. The van der Waals surface area contributed by atoms with Crippen molar-refractivity contribution in [2.75, 3.05) is 19.0 Å². The average Bonchev–Trinajstić information content (AvgIpc) is 2.78. The largest absolute Gasteiger partial charge is 0.496 e. The Morgan fingerprint density at radius 2 is 1.77 bits per heavy atom. The second-order valence-electron chi connectivity index (χ2n) is 6.27. The maximum absolute atomic E-state index is 12.8. The molecule has 0 bridgehead atoms. The van der Waals surface area contributed by atoms with Gasteiger partial charge in [-0.15, -0.1) is 0 Å². The van der Waals surface area contributed by atoms with Crippen LogP contribution in [0.1, 0.15) is 11.1 Å². The van der Waals surface area contributed by atoms with E-state index in [4.69, 9.17) is 32.7 Å². The van der Waals surface area contributed by atoms with E-state index in [1.165, 1.54) is 12.3 Å². The first-order valence-corrected chi connectivity index (χ1v) is 9.91. The average molecular weight is 457 g/mol. The summed E-state index contributed by atoms with van der Waals surface area (Å²) >= 11 is 11.8. The molecule has 31 heavy (non-hydrogen) atoms. The zero-order chi connectivity index (χ0) is 22.2. The molecule has 158 valence electrons. The number of halogens is 2. The summed E-state index contributed by atoms with van der Waals surface area (Å²) in [6.07, 6.45) is 3.00. The lowest BCUT2D eigenvalue weighted by Crippen LogP contribution is -2.22. The van der Waals surface area contributed by atoms with Gasteiger partial charge in [0.15, 0.2) is 12.4 Å². The van der Waals surface area contributed by atoms with Crippen LogP contribution in [-0.2, 0) is 14.3 Å². The summed E-state index contributed by atoms with van der Waals surface area (Å²) in [6, 6.07) is 17.7. The van der Waals surface area contributed by atoms with Crippen molar-refractivity contribution in [1.29, 1.82) is 0 Å². The van der Waals surface area contributed by atoms with Gasteiger partial charge >= 0.3 is 5.97 Å². The van der Waals surface area contributed by atoms with E-state index in [0.717, 1.165) is 0 Å². The van der Waals surface area contributed by atoms with E-state index in [2.05, 4.69) is 10.3 Å². The van der Waals surface area contributed by atoms with Gasteiger partial charge < -0.3 is 14.8 Å². The Hall–Kier alpha value is -3.35.